The summed E-state index contributed by atoms with van der Waals surface area (Å²) in [7, 11) is 4.07. The zero-order valence-corrected chi connectivity index (χ0v) is 28.3. The minimum Gasteiger partial charge on any atom is -0.462 e. The Kier molecular flexibility index (Phi) is 29.6. The van der Waals surface area contributed by atoms with Gasteiger partial charge in [-0.05, 0) is 65.5 Å². The third kappa shape index (κ3) is 27.5. The molecule has 1 amide bonds. The fourth-order valence-corrected chi connectivity index (χ4v) is 5.96. The van der Waals surface area contributed by atoms with Gasteiger partial charge in [0.2, 0.25) is 0 Å². The summed E-state index contributed by atoms with van der Waals surface area (Å²) in [5, 5.41) is 0.203. The monoisotopic (exact) mass is 598 g/mol. The van der Waals surface area contributed by atoms with Crippen molar-refractivity contribution in [3.05, 3.63) is 0 Å². The molecule has 242 valence electrons. The molecule has 0 aliphatic carbocycles. The van der Waals surface area contributed by atoms with Gasteiger partial charge in [-0.15, -0.1) is 0 Å². The lowest BCUT2D eigenvalue weighted by Crippen LogP contribution is -2.30. The molecule has 0 spiro atoms. The van der Waals surface area contributed by atoms with Gasteiger partial charge >= 0.3 is 5.97 Å². The van der Waals surface area contributed by atoms with Crippen LogP contribution in [0, 0.1) is 0 Å². The van der Waals surface area contributed by atoms with Crippen LogP contribution in [0.2, 0.25) is 0 Å². The summed E-state index contributed by atoms with van der Waals surface area (Å²) >= 11 is 1.44. The molecule has 0 saturated carbocycles. The van der Waals surface area contributed by atoms with Gasteiger partial charge in [0.1, 0.15) is 12.4 Å². The van der Waals surface area contributed by atoms with Gasteiger partial charge in [-0.3, -0.25) is 9.59 Å². The average Bonchev–Trinajstić information content (AvgIpc) is 2.94. The summed E-state index contributed by atoms with van der Waals surface area (Å²) in [5.41, 5.74) is 0. The second-order valence-corrected chi connectivity index (χ2v) is 13.0. The number of hydrogen-bond donors (Lipinski definition) is 0. The van der Waals surface area contributed by atoms with Crippen molar-refractivity contribution in [2.45, 2.75) is 161 Å². The van der Waals surface area contributed by atoms with Gasteiger partial charge < -0.3 is 19.3 Å². The Hall–Kier alpha value is -1.08. The van der Waals surface area contributed by atoms with E-state index in [4.69, 9.17) is 4.74 Å². The van der Waals surface area contributed by atoms with Crippen LogP contribution in [-0.4, -0.2) is 72.9 Å². The number of hydrogen-bond acceptors (Lipinski definition) is 6. The fourth-order valence-electron chi connectivity index (χ4n) is 4.97. The molecule has 0 N–H and O–H groups in total. The number of aldehydes is 1. The Balaban J connectivity index is 4.28. The molecular formula is C34H66N2O4S. The van der Waals surface area contributed by atoms with Crippen molar-refractivity contribution in [2.24, 2.45) is 0 Å². The summed E-state index contributed by atoms with van der Waals surface area (Å²) in [6.45, 7) is 7.01. The molecule has 0 aliphatic rings. The summed E-state index contributed by atoms with van der Waals surface area (Å²) in [6, 6.07) is 0. The number of esters is 1. The van der Waals surface area contributed by atoms with Crippen LogP contribution < -0.4 is 0 Å². The highest BCUT2D eigenvalue weighted by molar-refractivity contribution is 8.13. The van der Waals surface area contributed by atoms with E-state index >= 15 is 0 Å². The van der Waals surface area contributed by atoms with Gasteiger partial charge in [0, 0.05) is 38.2 Å². The van der Waals surface area contributed by atoms with E-state index in [2.05, 4.69) is 18.7 Å². The minimum absolute atomic E-state index is 0.0151. The lowest BCUT2D eigenvalue weighted by molar-refractivity contribution is -0.150. The zero-order chi connectivity index (χ0) is 30.4. The standard InChI is InChI=1S/C34H66N2O4S/c1-5-7-9-18-24-32(25-19-10-8-6-2)40-33(38)26-20-14-13-16-22-28-36(34(39)41-31-29-35(3)4)27-21-15-11-12-17-23-30-37/h30,32H,5-29,31H2,1-4H3. The molecule has 0 heterocycles. The predicted molar refractivity (Wildman–Crippen MR) is 177 cm³/mol. The van der Waals surface area contributed by atoms with E-state index in [1.54, 1.807) is 0 Å². The first-order valence-corrected chi connectivity index (χ1v) is 18.1. The maximum absolute atomic E-state index is 12.8. The predicted octanol–water partition coefficient (Wildman–Crippen LogP) is 9.44. The van der Waals surface area contributed by atoms with Gasteiger partial charge in [-0.1, -0.05) is 103 Å². The normalized spacial score (nSPS) is 11.4. The van der Waals surface area contributed by atoms with Gasteiger partial charge in [0.05, 0.1) is 0 Å². The first-order chi connectivity index (χ1) is 19.9. The van der Waals surface area contributed by atoms with Crippen LogP contribution in [0.4, 0.5) is 4.79 Å². The van der Waals surface area contributed by atoms with Gasteiger partial charge in [-0.2, -0.15) is 0 Å². The molecule has 6 nitrogen and oxygen atoms in total. The number of nitrogens with zero attached hydrogens (tertiary/aromatic N) is 2. The maximum atomic E-state index is 12.8. The van der Waals surface area contributed by atoms with Crippen molar-refractivity contribution in [2.75, 3.05) is 39.5 Å². The third-order valence-corrected chi connectivity index (χ3v) is 8.53. The highest BCUT2D eigenvalue weighted by Crippen LogP contribution is 2.18. The van der Waals surface area contributed by atoms with Crippen molar-refractivity contribution in [3.63, 3.8) is 0 Å². The molecule has 0 radical (unpaired) electrons. The smallest absolute Gasteiger partial charge is 0.306 e. The summed E-state index contributed by atoms with van der Waals surface area (Å²) in [4.78, 5) is 40.0. The van der Waals surface area contributed by atoms with Crippen LogP contribution in [0.25, 0.3) is 0 Å². The summed E-state index contributed by atoms with van der Waals surface area (Å²) in [6.07, 6.45) is 24.6. The molecule has 0 aromatic rings. The number of amides is 1. The number of carbonyl (C=O) groups is 3. The Labute approximate surface area is 258 Å². The fraction of sp³-hybridized carbons (Fsp3) is 0.912. The van der Waals surface area contributed by atoms with Crippen molar-refractivity contribution in [3.8, 4) is 0 Å². The Morgan fingerprint density at radius 3 is 1.73 bits per heavy atom. The second-order valence-electron chi connectivity index (χ2n) is 12.0. The number of carbonyl (C=O) groups excluding carboxylic acids is 3. The topological polar surface area (TPSA) is 66.9 Å². The number of thioether (sulfide) groups is 1. The summed E-state index contributed by atoms with van der Waals surface area (Å²) < 4.78 is 5.91. The molecular weight excluding hydrogens is 532 g/mol. The number of ether oxygens (including phenoxy) is 1. The Morgan fingerprint density at radius 2 is 1.20 bits per heavy atom. The van der Waals surface area contributed by atoms with E-state index in [1.165, 1.54) is 50.3 Å². The molecule has 0 aromatic carbocycles. The van der Waals surface area contributed by atoms with Crippen molar-refractivity contribution < 1.29 is 19.1 Å². The average molecular weight is 599 g/mol. The highest BCUT2D eigenvalue weighted by atomic mass is 32.2. The van der Waals surface area contributed by atoms with Crippen molar-refractivity contribution in [1.29, 1.82) is 0 Å². The number of rotatable bonds is 30. The van der Waals surface area contributed by atoms with Crippen LogP contribution in [-0.2, 0) is 14.3 Å². The molecule has 0 rings (SSSR count). The molecule has 0 fully saturated rings. The maximum Gasteiger partial charge on any atom is 0.306 e. The van der Waals surface area contributed by atoms with Gasteiger partial charge in [0.15, 0.2) is 0 Å². The van der Waals surface area contributed by atoms with E-state index in [-0.39, 0.29) is 17.3 Å². The van der Waals surface area contributed by atoms with Crippen LogP contribution >= 0.6 is 11.8 Å². The largest absolute Gasteiger partial charge is 0.462 e. The van der Waals surface area contributed by atoms with E-state index in [1.807, 2.05) is 19.0 Å². The first-order valence-electron chi connectivity index (χ1n) is 17.1. The quantitative estimate of drug-likeness (QED) is 0.0466. The third-order valence-electron chi connectivity index (χ3n) is 7.64. The first kappa shape index (κ1) is 39.9. The highest BCUT2D eigenvalue weighted by Gasteiger charge is 2.15. The molecule has 0 aliphatic heterocycles. The van der Waals surface area contributed by atoms with Crippen LogP contribution in [0.1, 0.15) is 155 Å². The Morgan fingerprint density at radius 1 is 0.683 bits per heavy atom. The number of unbranched alkanes of at least 4 members (excludes halogenated alkanes) is 15. The van der Waals surface area contributed by atoms with E-state index in [9.17, 15) is 14.4 Å². The van der Waals surface area contributed by atoms with E-state index < -0.39 is 0 Å². The van der Waals surface area contributed by atoms with Crippen molar-refractivity contribution in [1.82, 2.24) is 9.80 Å². The second kappa shape index (κ2) is 30.4. The summed E-state index contributed by atoms with van der Waals surface area (Å²) in [5.74, 6) is 0.807. The molecule has 0 bridgehead atoms. The van der Waals surface area contributed by atoms with Gasteiger partial charge in [-0.25, -0.2) is 0 Å². The van der Waals surface area contributed by atoms with Crippen molar-refractivity contribution >= 4 is 29.3 Å². The minimum atomic E-state index is -0.0151. The molecule has 41 heavy (non-hydrogen) atoms. The SMILES string of the molecule is CCCCCCC(CCCCCC)OC(=O)CCCCCCCN(CCCCCCCC=O)C(=O)SCCN(C)C. The molecule has 0 aromatic heterocycles. The lowest BCUT2D eigenvalue weighted by atomic mass is 10.0. The Bertz CT molecular complexity index is 606. The molecule has 0 atom stereocenters. The van der Waals surface area contributed by atoms with Crippen LogP contribution in [0.5, 0.6) is 0 Å². The lowest BCUT2D eigenvalue weighted by Gasteiger charge is -2.22. The van der Waals surface area contributed by atoms with E-state index in [0.29, 0.717) is 12.8 Å². The van der Waals surface area contributed by atoms with E-state index in [0.717, 1.165) is 122 Å². The van der Waals surface area contributed by atoms with Gasteiger partial charge in [0.25, 0.3) is 5.24 Å². The molecule has 0 unspecified atom stereocenters. The van der Waals surface area contributed by atoms with Crippen LogP contribution in [0.3, 0.4) is 0 Å². The zero-order valence-electron chi connectivity index (χ0n) is 27.5. The molecule has 7 heteroatoms. The van der Waals surface area contributed by atoms with Crippen LogP contribution in [0.15, 0.2) is 0 Å². The molecule has 0 saturated heterocycles.